The number of halogens is 3. The molecule has 0 radical (unpaired) electrons. The first-order valence-corrected chi connectivity index (χ1v) is 3.69. The Hall–Kier alpha value is -0.670. The lowest BCUT2D eigenvalue weighted by Crippen LogP contribution is -1.97. The van der Waals surface area contributed by atoms with Crippen molar-refractivity contribution in [3.63, 3.8) is 0 Å². The average Bonchev–Trinajstić information content (AvgIpc) is 2.08. The van der Waals surface area contributed by atoms with Crippen LogP contribution in [0.15, 0.2) is 6.07 Å². The number of hydrogen-bond acceptors (Lipinski definition) is 1. The Kier molecular flexibility index (Phi) is 2.65. The zero-order valence-electron chi connectivity index (χ0n) is 6.37. The van der Waals surface area contributed by atoms with Crippen molar-refractivity contribution in [1.29, 1.82) is 0 Å². The number of hydrogen-bond donors (Lipinski definition) is 1. The molecule has 0 aliphatic carbocycles. The van der Waals surface area contributed by atoms with Crippen LogP contribution in [0.3, 0.4) is 0 Å². The molecule has 0 aliphatic heterocycles. The van der Waals surface area contributed by atoms with Crippen LogP contribution in [0.4, 0.5) is 8.78 Å². The van der Waals surface area contributed by atoms with Gasteiger partial charge in [0.2, 0.25) is 0 Å². The van der Waals surface area contributed by atoms with E-state index in [1.807, 2.05) is 0 Å². The highest BCUT2D eigenvalue weighted by Gasteiger charge is 2.13. The maximum Gasteiger partial charge on any atom is 0.164 e. The van der Waals surface area contributed by atoms with E-state index in [1.165, 1.54) is 13.0 Å². The van der Waals surface area contributed by atoms with Gasteiger partial charge < -0.3 is 5.11 Å². The summed E-state index contributed by atoms with van der Waals surface area (Å²) in [6.45, 7) is 0.824. The van der Waals surface area contributed by atoms with E-state index in [0.29, 0.717) is 0 Å². The number of rotatable bonds is 1. The molecule has 0 saturated heterocycles. The summed E-state index contributed by atoms with van der Waals surface area (Å²) in [4.78, 5) is 0. The second kappa shape index (κ2) is 3.37. The van der Waals surface area contributed by atoms with Gasteiger partial charge in [0.05, 0.1) is 6.61 Å². The molecule has 1 nitrogen and oxygen atoms in total. The molecule has 0 heterocycles. The second-order valence-electron chi connectivity index (χ2n) is 2.43. The van der Waals surface area contributed by atoms with Gasteiger partial charge in [-0.3, -0.25) is 0 Å². The molecule has 1 N–H and O–H groups in total. The summed E-state index contributed by atoms with van der Waals surface area (Å²) in [6, 6.07) is 1.22. The van der Waals surface area contributed by atoms with Crippen LogP contribution in [0.1, 0.15) is 11.1 Å². The van der Waals surface area contributed by atoms with Crippen LogP contribution in [0.25, 0.3) is 0 Å². The van der Waals surface area contributed by atoms with E-state index < -0.39 is 18.2 Å². The van der Waals surface area contributed by atoms with Crippen LogP contribution < -0.4 is 0 Å². The summed E-state index contributed by atoms with van der Waals surface area (Å²) in [5.74, 6) is -2.02. The summed E-state index contributed by atoms with van der Waals surface area (Å²) < 4.78 is 25.7. The van der Waals surface area contributed by atoms with E-state index in [-0.39, 0.29) is 16.1 Å². The molecule has 1 aromatic rings. The maximum absolute atomic E-state index is 12.9. The molecule has 12 heavy (non-hydrogen) atoms. The van der Waals surface area contributed by atoms with Crippen molar-refractivity contribution in [1.82, 2.24) is 0 Å². The third kappa shape index (κ3) is 1.42. The minimum Gasteiger partial charge on any atom is -0.392 e. The lowest BCUT2D eigenvalue weighted by Gasteiger charge is -2.04. The first-order chi connectivity index (χ1) is 5.57. The zero-order valence-corrected chi connectivity index (χ0v) is 7.12. The van der Waals surface area contributed by atoms with Gasteiger partial charge in [-0.15, -0.1) is 0 Å². The standard InChI is InChI=1S/C8H7ClF2O/c1-4-6(9)2-5(3-12)8(11)7(4)10/h2,12H,3H2,1H3. The lowest BCUT2D eigenvalue weighted by atomic mass is 10.1. The van der Waals surface area contributed by atoms with Crippen molar-refractivity contribution in [2.45, 2.75) is 13.5 Å². The molecule has 66 valence electrons. The molecule has 0 bridgehead atoms. The summed E-state index contributed by atoms with van der Waals surface area (Å²) in [7, 11) is 0. The number of aliphatic hydroxyl groups is 1. The van der Waals surface area contributed by atoms with Crippen molar-refractivity contribution >= 4 is 11.6 Å². The van der Waals surface area contributed by atoms with Crippen molar-refractivity contribution in [3.8, 4) is 0 Å². The lowest BCUT2D eigenvalue weighted by molar-refractivity contribution is 0.273. The molecular weight excluding hydrogens is 186 g/mol. The Bertz CT molecular complexity index is 312. The van der Waals surface area contributed by atoms with Gasteiger partial charge in [-0.1, -0.05) is 11.6 Å². The van der Waals surface area contributed by atoms with E-state index in [9.17, 15) is 8.78 Å². The Morgan fingerprint density at radius 2 is 2.00 bits per heavy atom. The fourth-order valence-electron chi connectivity index (χ4n) is 0.850. The maximum atomic E-state index is 12.9. The highest BCUT2D eigenvalue weighted by molar-refractivity contribution is 6.31. The fraction of sp³-hybridized carbons (Fsp3) is 0.250. The van der Waals surface area contributed by atoms with E-state index in [0.717, 1.165) is 0 Å². The van der Waals surface area contributed by atoms with Crippen molar-refractivity contribution in [3.05, 3.63) is 33.9 Å². The molecule has 0 atom stereocenters. The highest BCUT2D eigenvalue weighted by atomic mass is 35.5. The Morgan fingerprint density at radius 3 is 2.50 bits per heavy atom. The Labute approximate surface area is 73.6 Å². The Balaban J connectivity index is 3.39. The molecule has 0 fully saturated rings. The SMILES string of the molecule is Cc1c(Cl)cc(CO)c(F)c1F. The van der Waals surface area contributed by atoms with Crippen LogP contribution in [0.2, 0.25) is 5.02 Å². The minimum atomic E-state index is -1.03. The minimum absolute atomic E-state index is 0.0615. The van der Waals surface area contributed by atoms with Crippen LogP contribution in [0.5, 0.6) is 0 Å². The van der Waals surface area contributed by atoms with Gasteiger partial charge in [0.1, 0.15) is 0 Å². The third-order valence-corrected chi connectivity index (χ3v) is 2.03. The monoisotopic (exact) mass is 192 g/mol. The van der Waals surface area contributed by atoms with E-state index in [4.69, 9.17) is 16.7 Å². The average molecular weight is 193 g/mol. The summed E-state index contributed by atoms with van der Waals surface area (Å²) in [5.41, 5.74) is -0.0607. The predicted octanol–water partition coefficient (Wildman–Crippen LogP) is 2.42. The first-order valence-electron chi connectivity index (χ1n) is 3.31. The van der Waals surface area contributed by atoms with Crippen LogP contribution in [0, 0.1) is 18.6 Å². The Morgan fingerprint density at radius 1 is 1.42 bits per heavy atom. The molecular formula is C8H7ClF2O. The molecule has 0 aromatic heterocycles. The summed E-state index contributed by atoms with van der Waals surface area (Å²) in [6.07, 6.45) is 0. The molecule has 0 amide bonds. The van der Waals surface area contributed by atoms with Gasteiger partial charge >= 0.3 is 0 Å². The van der Waals surface area contributed by atoms with Crippen LogP contribution >= 0.6 is 11.6 Å². The van der Waals surface area contributed by atoms with Crippen LogP contribution in [-0.4, -0.2) is 5.11 Å². The molecule has 1 rings (SSSR count). The first kappa shape index (κ1) is 9.42. The largest absolute Gasteiger partial charge is 0.392 e. The van der Waals surface area contributed by atoms with Gasteiger partial charge in [0.15, 0.2) is 11.6 Å². The van der Waals surface area contributed by atoms with Gasteiger partial charge in [-0.2, -0.15) is 0 Å². The predicted molar refractivity (Wildman–Crippen MR) is 42.0 cm³/mol. The van der Waals surface area contributed by atoms with Gasteiger partial charge in [0, 0.05) is 16.1 Å². The molecule has 1 aromatic carbocycles. The van der Waals surface area contributed by atoms with Crippen LogP contribution in [-0.2, 0) is 6.61 Å². The zero-order chi connectivity index (χ0) is 9.30. The normalized spacial score (nSPS) is 10.4. The summed E-state index contributed by atoms with van der Waals surface area (Å²) >= 11 is 5.55. The fourth-order valence-corrected chi connectivity index (χ4v) is 1.06. The van der Waals surface area contributed by atoms with Crippen molar-refractivity contribution in [2.24, 2.45) is 0 Å². The molecule has 0 unspecified atom stereocenters. The van der Waals surface area contributed by atoms with Crippen molar-refractivity contribution < 1.29 is 13.9 Å². The van der Waals surface area contributed by atoms with E-state index in [1.54, 1.807) is 0 Å². The number of aliphatic hydroxyl groups excluding tert-OH is 1. The molecule has 0 spiro atoms. The topological polar surface area (TPSA) is 20.2 Å². The van der Waals surface area contributed by atoms with Crippen molar-refractivity contribution in [2.75, 3.05) is 0 Å². The highest BCUT2D eigenvalue weighted by Crippen LogP contribution is 2.23. The smallest absolute Gasteiger partial charge is 0.164 e. The van der Waals surface area contributed by atoms with E-state index in [2.05, 4.69) is 0 Å². The summed E-state index contributed by atoms with van der Waals surface area (Å²) in [5, 5.41) is 8.72. The molecule has 4 heteroatoms. The van der Waals surface area contributed by atoms with E-state index >= 15 is 0 Å². The number of benzene rings is 1. The molecule has 0 saturated carbocycles. The second-order valence-corrected chi connectivity index (χ2v) is 2.84. The molecule has 0 aliphatic rings. The van der Waals surface area contributed by atoms with Gasteiger partial charge in [-0.05, 0) is 13.0 Å². The quantitative estimate of drug-likeness (QED) is 0.678. The van der Waals surface area contributed by atoms with Gasteiger partial charge in [-0.25, -0.2) is 8.78 Å². The third-order valence-electron chi connectivity index (χ3n) is 1.63. The van der Waals surface area contributed by atoms with Gasteiger partial charge in [0.25, 0.3) is 0 Å².